The number of hydrogen-bond acceptors (Lipinski definition) is 5. The monoisotopic (exact) mass is 363 g/mol. The standard InChI is InChI=1S/C21H17NO5/c1-14-5-2-3-6-17(14)21(25)27-13-18(23)15-8-10-16(11-9-15)22-20(24)19-7-4-12-26-19/h2-12H,13H2,1H3,(H,22,24). The van der Waals surface area contributed by atoms with Crippen molar-refractivity contribution in [3.05, 3.63) is 89.4 Å². The van der Waals surface area contributed by atoms with Crippen LogP contribution in [-0.2, 0) is 4.74 Å². The highest BCUT2D eigenvalue weighted by molar-refractivity contribution is 6.03. The number of hydrogen-bond donors (Lipinski definition) is 1. The van der Waals surface area contributed by atoms with Crippen LogP contribution in [0.1, 0.15) is 36.8 Å². The minimum absolute atomic E-state index is 0.193. The third-order valence-corrected chi connectivity index (χ3v) is 3.91. The van der Waals surface area contributed by atoms with E-state index in [1.165, 1.54) is 6.26 Å². The molecule has 0 saturated heterocycles. The number of carbonyl (C=O) groups is 3. The zero-order valence-corrected chi connectivity index (χ0v) is 14.6. The summed E-state index contributed by atoms with van der Waals surface area (Å²) in [7, 11) is 0. The Hall–Kier alpha value is -3.67. The molecule has 0 bridgehead atoms. The van der Waals surface area contributed by atoms with E-state index in [-0.39, 0.29) is 24.1 Å². The van der Waals surface area contributed by atoms with Gasteiger partial charge in [-0.25, -0.2) is 4.79 Å². The van der Waals surface area contributed by atoms with Gasteiger partial charge in [0, 0.05) is 11.3 Å². The molecule has 27 heavy (non-hydrogen) atoms. The smallest absolute Gasteiger partial charge is 0.338 e. The van der Waals surface area contributed by atoms with Gasteiger partial charge in [0.25, 0.3) is 5.91 Å². The average Bonchev–Trinajstić information content (AvgIpc) is 3.22. The van der Waals surface area contributed by atoms with E-state index >= 15 is 0 Å². The molecule has 0 aliphatic rings. The van der Waals surface area contributed by atoms with Gasteiger partial charge in [0.2, 0.25) is 0 Å². The second-order valence-corrected chi connectivity index (χ2v) is 5.82. The van der Waals surface area contributed by atoms with Crippen molar-refractivity contribution in [3.8, 4) is 0 Å². The van der Waals surface area contributed by atoms with E-state index in [9.17, 15) is 14.4 Å². The summed E-state index contributed by atoms with van der Waals surface area (Å²) in [5.74, 6) is -1.06. The van der Waals surface area contributed by atoms with Crippen LogP contribution in [0.3, 0.4) is 0 Å². The van der Waals surface area contributed by atoms with Crippen LogP contribution in [0.4, 0.5) is 5.69 Å². The molecule has 0 atom stereocenters. The molecule has 136 valence electrons. The molecule has 0 unspecified atom stereocenters. The Bertz CT molecular complexity index is 959. The summed E-state index contributed by atoms with van der Waals surface area (Å²) in [4.78, 5) is 36.2. The average molecular weight is 363 g/mol. The first-order valence-corrected chi connectivity index (χ1v) is 8.25. The summed E-state index contributed by atoms with van der Waals surface area (Å²) in [6.07, 6.45) is 1.41. The van der Waals surface area contributed by atoms with Crippen LogP contribution in [0.5, 0.6) is 0 Å². The number of amides is 1. The number of anilines is 1. The number of esters is 1. The predicted molar refractivity (Wildman–Crippen MR) is 98.9 cm³/mol. The largest absolute Gasteiger partial charge is 0.459 e. The summed E-state index contributed by atoms with van der Waals surface area (Å²) in [5.41, 5.74) is 2.11. The van der Waals surface area contributed by atoms with Crippen molar-refractivity contribution in [2.24, 2.45) is 0 Å². The number of aryl methyl sites for hydroxylation is 1. The Balaban J connectivity index is 1.57. The van der Waals surface area contributed by atoms with Crippen LogP contribution < -0.4 is 5.32 Å². The van der Waals surface area contributed by atoms with Crippen molar-refractivity contribution < 1.29 is 23.5 Å². The second-order valence-electron chi connectivity index (χ2n) is 5.82. The van der Waals surface area contributed by atoms with Crippen molar-refractivity contribution in [2.45, 2.75) is 6.92 Å². The Morgan fingerprint density at radius 3 is 2.37 bits per heavy atom. The maximum atomic E-state index is 12.2. The summed E-state index contributed by atoms with van der Waals surface area (Å²) in [5, 5.41) is 2.66. The van der Waals surface area contributed by atoms with E-state index in [1.807, 2.05) is 6.07 Å². The van der Waals surface area contributed by atoms with E-state index in [1.54, 1.807) is 61.5 Å². The maximum Gasteiger partial charge on any atom is 0.338 e. The second kappa shape index (κ2) is 8.14. The molecule has 0 saturated carbocycles. The number of benzene rings is 2. The Labute approximate surface area is 155 Å². The zero-order chi connectivity index (χ0) is 19.2. The molecule has 1 aromatic heterocycles. The van der Waals surface area contributed by atoms with Gasteiger partial charge in [-0.15, -0.1) is 0 Å². The molecule has 6 heteroatoms. The first-order valence-electron chi connectivity index (χ1n) is 8.25. The number of ether oxygens (including phenoxy) is 1. The van der Waals surface area contributed by atoms with Crippen LogP contribution >= 0.6 is 0 Å². The molecule has 0 spiro atoms. The number of Topliss-reactive ketones (excluding diaryl/α,β-unsaturated/α-hetero) is 1. The fraction of sp³-hybridized carbons (Fsp3) is 0.0952. The highest BCUT2D eigenvalue weighted by atomic mass is 16.5. The van der Waals surface area contributed by atoms with Gasteiger partial charge in [0.1, 0.15) is 0 Å². The lowest BCUT2D eigenvalue weighted by Gasteiger charge is -2.07. The number of ketones is 1. The van der Waals surface area contributed by atoms with Gasteiger partial charge in [-0.1, -0.05) is 18.2 Å². The van der Waals surface area contributed by atoms with E-state index in [0.717, 1.165) is 5.56 Å². The number of carbonyl (C=O) groups excluding carboxylic acids is 3. The summed E-state index contributed by atoms with van der Waals surface area (Å²) in [6.45, 7) is 1.44. The lowest BCUT2D eigenvalue weighted by molar-refractivity contribution is 0.0474. The Morgan fingerprint density at radius 1 is 0.963 bits per heavy atom. The highest BCUT2D eigenvalue weighted by Gasteiger charge is 2.14. The molecule has 1 amide bonds. The maximum absolute atomic E-state index is 12.2. The van der Waals surface area contributed by atoms with Crippen LogP contribution in [-0.4, -0.2) is 24.3 Å². The van der Waals surface area contributed by atoms with Crippen molar-refractivity contribution in [3.63, 3.8) is 0 Å². The van der Waals surface area contributed by atoms with Gasteiger partial charge < -0.3 is 14.5 Å². The molecule has 6 nitrogen and oxygen atoms in total. The highest BCUT2D eigenvalue weighted by Crippen LogP contribution is 2.13. The van der Waals surface area contributed by atoms with E-state index in [2.05, 4.69) is 5.32 Å². The van der Waals surface area contributed by atoms with Gasteiger partial charge >= 0.3 is 5.97 Å². The lowest BCUT2D eigenvalue weighted by Crippen LogP contribution is -2.15. The summed E-state index contributed by atoms with van der Waals surface area (Å²) >= 11 is 0. The predicted octanol–water partition coefficient (Wildman–Crippen LogP) is 3.88. The first kappa shape index (κ1) is 18.1. The normalized spacial score (nSPS) is 10.3. The van der Waals surface area contributed by atoms with E-state index < -0.39 is 5.97 Å². The van der Waals surface area contributed by atoms with Gasteiger partial charge in [-0.2, -0.15) is 0 Å². The minimum atomic E-state index is -0.538. The summed E-state index contributed by atoms with van der Waals surface area (Å²) < 4.78 is 10.1. The van der Waals surface area contributed by atoms with Gasteiger partial charge in [-0.3, -0.25) is 9.59 Å². The van der Waals surface area contributed by atoms with Gasteiger partial charge in [-0.05, 0) is 55.0 Å². The number of nitrogens with one attached hydrogen (secondary N) is 1. The fourth-order valence-electron chi connectivity index (χ4n) is 2.43. The third-order valence-electron chi connectivity index (χ3n) is 3.91. The minimum Gasteiger partial charge on any atom is -0.459 e. The van der Waals surface area contributed by atoms with Crippen molar-refractivity contribution in [2.75, 3.05) is 11.9 Å². The molecular formula is C21H17NO5. The fourth-order valence-corrected chi connectivity index (χ4v) is 2.43. The topological polar surface area (TPSA) is 85.6 Å². The summed E-state index contributed by atoms with van der Waals surface area (Å²) in [6, 6.07) is 16.5. The van der Waals surface area contributed by atoms with E-state index in [4.69, 9.17) is 9.15 Å². The number of furan rings is 1. The Morgan fingerprint density at radius 2 is 1.70 bits per heavy atom. The Kier molecular flexibility index (Phi) is 5.47. The molecule has 3 aromatic rings. The van der Waals surface area contributed by atoms with Crippen molar-refractivity contribution in [1.82, 2.24) is 0 Å². The van der Waals surface area contributed by atoms with Gasteiger partial charge in [0.05, 0.1) is 11.8 Å². The molecular weight excluding hydrogens is 346 g/mol. The molecule has 0 radical (unpaired) electrons. The zero-order valence-electron chi connectivity index (χ0n) is 14.6. The molecule has 1 heterocycles. The molecule has 0 aliphatic carbocycles. The molecule has 0 fully saturated rings. The quantitative estimate of drug-likeness (QED) is 0.531. The van der Waals surface area contributed by atoms with Crippen molar-refractivity contribution >= 4 is 23.3 Å². The van der Waals surface area contributed by atoms with Crippen LogP contribution in [0.15, 0.2) is 71.3 Å². The van der Waals surface area contributed by atoms with Crippen LogP contribution in [0.25, 0.3) is 0 Å². The van der Waals surface area contributed by atoms with E-state index in [0.29, 0.717) is 16.8 Å². The molecule has 1 N–H and O–H groups in total. The van der Waals surface area contributed by atoms with Crippen LogP contribution in [0.2, 0.25) is 0 Å². The SMILES string of the molecule is Cc1ccccc1C(=O)OCC(=O)c1ccc(NC(=O)c2ccco2)cc1. The van der Waals surface area contributed by atoms with Crippen LogP contribution in [0, 0.1) is 6.92 Å². The molecule has 0 aliphatic heterocycles. The molecule has 3 rings (SSSR count). The first-order chi connectivity index (χ1) is 13.0. The lowest BCUT2D eigenvalue weighted by atomic mass is 10.1. The number of rotatable bonds is 6. The van der Waals surface area contributed by atoms with Crippen molar-refractivity contribution in [1.29, 1.82) is 0 Å². The third kappa shape index (κ3) is 4.49. The van der Waals surface area contributed by atoms with Gasteiger partial charge in [0.15, 0.2) is 18.2 Å². The molecule has 2 aromatic carbocycles.